The normalized spacial score (nSPS) is 11.8. The molecule has 0 aliphatic rings. The smallest absolute Gasteiger partial charge is 0.241 e. The minimum Gasteiger partial charge on any atom is -0.398 e. The predicted molar refractivity (Wildman–Crippen MR) is 82.3 cm³/mol. The minimum atomic E-state index is -3.62. The van der Waals surface area contributed by atoms with Crippen molar-refractivity contribution in [3.8, 4) is 0 Å². The van der Waals surface area contributed by atoms with E-state index in [9.17, 15) is 8.42 Å². The molecule has 1 aromatic heterocycles. The van der Waals surface area contributed by atoms with Crippen molar-refractivity contribution in [3.05, 3.63) is 40.7 Å². The number of aryl methyl sites for hydroxylation is 2. The van der Waals surface area contributed by atoms with Gasteiger partial charge in [-0.1, -0.05) is 6.07 Å². The van der Waals surface area contributed by atoms with E-state index in [-0.39, 0.29) is 11.4 Å². The van der Waals surface area contributed by atoms with Gasteiger partial charge in [0.25, 0.3) is 0 Å². The van der Waals surface area contributed by atoms with Crippen LogP contribution < -0.4 is 10.5 Å². The standard InChI is InChI=1S/C14H20N4O2S/c1-9-5-6-13(15)10(2)14(9)21(19,20)17-8-12-7-16-18(4)11(12)3/h5-7,17H,8,15H2,1-4H3. The van der Waals surface area contributed by atoms with Gasteiger partial charge >= 0.3 is 0 Å². The van der Waals surface area contributed by atoms with Crippen LogP contribution in [0.5, 0.6) is 0 Å². The number of benzene rings is 1. The summed E-state index contributed by atoms with van der Waals surface area (Å²) in [4.78, 5) is 0.254. The Bertz CT molecular complexity index is 779. The second kappa shape index (κ2) is 5.50. The number of nitrogens with two attached hydrogens (primary N) is 1. The first kappa shape index (κ1) is 15.5. The molecular formula is C14H20N4O2S. The lowest BCUT2D eigenvalue weighted by Crippen LogP contribution is -2.25. The molecule has 0 saturated heterocycles. The summed E-state index contributed by atoms with van der Waals surface area (Å²) in [5.41, 5.74) is 9.32. The predicted octanol–water partition coefficient (Wildman–Crippen LogP) is 1.41. The van der Waals surface area contributed by atoms with E-state index in [4.69, 9.17) is 5.73 Å². The number of sulfonamides is 1. The third kappa shape index (κ3) is 2.93. The molecule has 1 heterocycles. The Labute approximate surface area is 125 Å². The number of nitrogen functional groups attached to an aromatic ring is 1. The minimum absolute atomic E-state index is 0.204. The number of nitrogens with zero attached hydrogens (tertiary/aromatic N) is 2. The molecule has 114 valence electrons. The lowest BCUT2D eigenvalue weighted by molar-refractivity contribution is 0.580. The Hall–Kier alpha value is -1.86. The van der Waals surface area contributed by atoms with Crippen LogP contribution in [0.2, 0.25) is 0 Å². The van der Waals surface area contributed by atoms with Gasteiger partial charge < -0.3 is 5.73 Å². The Morgan fingerprint density at radius 2 is 1.95 bits per heavy atom. The van der Waals surface area contributed by atoms with Crippen LogP contribution in [0, 0.1) is 20.8 Å². The summed E-state index contributed by atoms with van der Waals surface area (Å²) >= 11 is 0. The number of rotatable bonds is 4. The maximum atomic E-state index is 12.5. The Morgan fingerprint density at radius 1 is 1.29 bits per heavy atom. The van der Waals surface area contributed by atoms with E-state index >= 15 is 0 Å². The maximum absolute atomic E-state index is 12.5. The van der Waals surface area contributed by atoms with Gasteiger partial charge in [0.05, 0.1) is 11.1 Å². The zero-order valence-electron chi connectivity index (χ0n) is 12.6. The van der Waals surface area contributed by atoms with Gasteiger partial charge in [-0.05, 0) is 38.0 Å². The molecule has 0 atom stereocenters. The summed E-state index contributed by atoms with van der Waals surface area (Å²) in [6.45, 7) is 5.58. The van der Waals surface area contributed by atoms with E-state index < -0.39 is 10.0 Å². The van der Waals surface area contributed by atoms with Crippen LogP contribution in [-0.2, 0) is 23.6 Å². The summed E-state index contributed by atoms with van der Waals surface area (Å²) in [5, 5.41) is 4.10. The highest BCUT2D eigenvalue weighted by molar-refractivity contribution is 7.89. The molecule has 0 radical (unpaired) electrons. The molecular weight excluding hydrogens is 288 g/mol. The lowest BCUT2D eigenvalue weighted by Gasteiger charge is -2.13. The second-order valence-corrected chi connectivity index (χ2v) is 6.83. The zero-order valence-corrected chi connectivity index (χ0v) is 13.5. The highest BCUT2D eigenvalue weighted by Gasteiger charge is 2.21. The van der Waals surface area contributed by atoms with Crippen molar-refractivity contribution in [2.24, 2.45) is 7.05 Å². The van der Waals surface area contributed by atoms with E-state index in [0.29, 0.717) is 16.8 Å². The molecule has 6 nitrogen and oxygen atoms in total. The summed E-state index contributed by atoms with van der Waals surface area (Å²) in [5.74, 6) is 0. The quantitative estimate of drug-likeness (QED) is 0.836. The molecule has 2 aromatic rings. The van der Waals surface area contributed by atoms with Crippen LogP contribution in [0.1, 0.15) is 22.4 Å². The van der Waals surface area contributed by atoms with Gasteiger partial charge in [-0.25, -0.2) is 13.1 Å². The van der Waals surface area contributed by atoms with Crippen LogP contribution >= 0.6 is 0 Å². The summed E-state index contributed by atoms with van der Waals surface area (Å²) in [6.07, 6.45) is 1.66. The van der Waals surface area contributed by atoms with Crippen molar-refractivity contribution in [2.45, 2.75) is 32.2 Å². The molecule has 7 heteroatoms. The van der Waals surface area contributed by atoms with Crippen LogP contribution in [0.15, 0.2) is 23.2 Å². The van der Waals surface area contributed by atoms with Crippen molar-refractivity contribution in [2.75, 3.05) is 5.73 Å². The van der Waals surface area contributed by atoms with Crippen molar-refractivity contribution in [3.63, 3.8) is 0 Å². The highest BCUT2D eigenvalue weighted by atomic mass is 32.2. The largest absolute Gasteiger partial charge is 0.398 e. The topological polar surface area (TPSA) is 90.0 Å². The molecule has 2 rings (SSSR count). The van der Waals surface area contributed by atoms with Gasteiger partial charge in [0, 0.05) is 30.5 Å². The van der Waals surface area contributed by atoms with E-state index in [1.807, 2.05) is 14.0 Å². The number of hydrogen-bond acceptors (Lipinski definition) is 4. The summed E-state index contributed by atoms with van der Waals surface area (Å²) < 4.78 is 29.4. The van der Waals surface area contributed by atoms with Gasteiger partial charge in [-0.3, -0.25) is 4.68 Å². The molecule has 0 amide bonds. The van der Waals surface area contributed by atoms with Crippen LogP contribution in [-0.4, -0.2) is 18.2 Å². The first-order chi connectivity index (χ1) is 9.74. The van der Waals surface area contributed by atoms with E-state index in [1.54, 1.807) is 36.9 Å². The van der Waals surface area contributed by atoms with Gasteiger partial charge in [-0.15, -0.1) is 0 Å². The van der Waals surface area contributed by atoms with Crippen molar-refractivity contribution in [1.29, 1.82) is 0 Å². The highest BCUT2D eigenvalue weighted by Crippen LogP contribution is 2.24. The van der Waals surface area contributed by atoms with Gasteiger partial charge in [0.15, 0.2) is 0 Å². The fourth-order valence-electron chi connectivity index (χ4n) is 2.22. The molecule has 0 saturated carbocycles. The van der Waals surface area contributed by atoms with Crippen LogP contribution in [0.3, 0.4) is 0 Å². The molecule has 0 aliphatic carbocycles. The van der Waals surface area contributed by atoms with Crippen LogP contribution in [0.4, 0.5) is 5.69 Å². The Morgan fingerprint density at radius 3 is 2.52 bits per heavy atom. The third-order valence-electron chi connectivity index (χ3n) is 3.70. The molecule has 0 spiro atoms. The van der Waals surface area contributed by atoms with Gasteiger partial charge in [-0.2, -0.15) is 5.10 Å². The Balaban J connectivity index is 2.32. The second-order valence-electron chi connectivity index (χ2n) is 5.13. The number of nitrogens with one attached hydrogen (secondary N) is 1. The van der Waals surface area contributed by atoms with Crippen molar-refractivity contribution >= 4 is 15.7 Å². The summed E-state index contributed by atoms with van der Waals surface area (Å²) in [6, 6.07) is 3.43. The molecule has 0 fully saturated rings. The number of aromatic nitrogens is 2. The first-order valence-corrected chi connectivity index (χ1v) is 8.05. The maximum Gasteiger partial charge on any atom is 0.241 e. The molecule has 21 heavy (non-hydrogen) atoms. The van der Waals surface area contributed by atoms with Gasteiger partial charge in [0.1, 0.15) is 0 Å². The van der Waals surface area contributed by atoms with E-state index in [0.717, 1.165) is 11.3 Å². The summed E-state index contributed by atoms with van der Waals surface area (Å²) in [7, 11) is -1.80. The zero-order chi connectivity index (χ0) is 15.8. The molecule has 1 aromatic carbocycles. The fourth-order valence-corrected chi connectivity index (χ4v) is 3.72. The molecule has 3 N–H and O–H groups in total. The molecule has 0 unspecified atom stereocenters. The molecule has 0 aliphatic heterocycles. The van der Waals surface area contributed by atoms with E-state index in [2.05, 4.69) is 9.82 Å². The number of anilines is 1. The van der Waals surface area contributed by atoms with Crippen LogP contribution in [0.25, 0.3) is 0 Å². The van der Waals surface area contributed by atoms with Crippen molar-refractivity contribution < 1.29 is 8.42 Å². The average molecular weight is 308 g/mol. The lowest BCUT2D eigenvalue weighted by atomic mass is 10.1. The fraction of sp³-hybridized carbons (Fsp3) is 0.357. The first-order valence-electron chi connectivity index (χ1n) is 6.57. The van der Waals surface area contributed by atoms with Crippen molar-refractivity contribution in [1.82, 2.24) is 14.5 Å². The number of hydrogen-bond donors (Lipinski definition) is 2. The van der Waals surface area contributed by atoms with E-state index in [1.165, 1.54) is 0 Å². The Kier molecular flexibility index (Phi) is 4.06. The monoisotopic (exact) mass is 308 g/mol. The average Bonchev–Trinajstić information content (AvgIpc) is 2.72. The SMILES string of the molecule is Cc1ccc(N)c(C)c1S(=O)(=O)NCc1cnn(C)c1C. The van der Waals surface area contributed by atoms with Gasteiger partial charge in [0.2, 0.25) is 10.0 Å². The third-order valence-corrected chi connectivity index (χ3v) is 5.39. The molecule has 0 bridgehead atoms.